The van der Waals surface area contributed by atoms with Gasteiger partial charge >= 0.3 is 0 Å². The van der Waals surface area contributed by atoms with Crippen LogP contribution in [0.2, 0.25) is 0 Å². The highest BCUT2D eigenvalue weighted by Gasteiger charge is 2.23. The van der Waals surface area contributed by atoms with E-state index >= 15 is 0 Å². The molecule has 0 spiro atoms. The molecule has 1 fully saturated rings. The standard InChI is InChI=1S/C19H22N2O3/c22-17-8-4-10-21(13-17)19(24)14-6-3-7-16(11-14)20-12-15-5-1-2-9-18(15)23/h1-3,5-7,9,11,17,20,22-23H,4,8,10,12-13H2. The maximum Gasteiger partial charge on any atom is 0.254 e. The minimum Gasteiger partial charge on any atom is -0.508 e. The zero-order valence-corrected chi connectivity index (χ0v) is 13.5. The van der Waals surface area contributed by atoms with Crippen molar-refractivity contribution in [2.24, 2.45) is 0 Å². The maximum absolute atomic E-state index is 12.6. The number of anilines is 1. The zero-order chi connectivity index (χ0) is 16.9. The number of rotatable bonds is 4. The number of piperidine rings is 1. The van der Waals surface area contributed by atoms with Gasteiger partial charge in [-0.25, -0.2) is 0 Å². The van der Waals surface area contributed by atoms with Crippen LogP contribution in [0.15, 0.2) is 48.5 Å². The number of amides is 1. The Bertz CT molecular complexity index is 717. The van der Waals surface area contributed by atoms with Crippen LogP contribution in [-0.2, 0) is 6.54 Å². The molecule has 1 unspecified atom stereocenters. The Hall–Kier alpha value is -2.53. The molecule has 1 aliphatic rings. The third-order valence-corrected chi connectivity index (χ3v) is 4.27. The number of para-hydroxylation sites is 1. The van der Waals surface area contributed by atoms with Gasteiger partial charge in [-0.3, -0.25) is 4.79 Å². The molecule has 24 heavy (non-hydrogen) atoms. The van der Waals surface area contributed by atoms with Gasteiger partial charge in [0.2, 0.25) is 0 Å². The molecule has 1 aliphatic heterocycles. The van der Waals surface area contributed by atoms with Crippen LogP contribution in [0.4, 0.5) is 5.69 Å². The van der Waals surface area contributed by atoms with Crippen molar-refractivity contribution in [2.75, 3.05) is 18.4 Å². The number of benzene rings is 2. The summed E-state index contributed by atoms with van der Waals surface area (Å²) in [5.41, 5.74) is 2.22. The van der Waals surface area contributed by atoms with E-state index in [0.29, 0.717) is 25.2 Å². The lowest BCUT2D eigenvalue weighted by Gasteiger charge is -2.30. The quantitative estimate of drug-likeness (QED) is 0.807. The van der Waals surface area contributed by atoms with Crippen molar-refractivity contribution < 1.29 is 15.0 Å². The van der Waals surface area contributed by atoms with Crippen molar-refractivity contribution >= 4 is 11.6 Å². The number of aromatic hydroxyl groups is 1. The van der Waals surface area contributed by atoms with Crippen LogP contribution in [0.3, 0.4) is 0 Å². The lowest BCUT2D eigenvalue weighted by molar-refractivity contribution is 0.0474. The first kappa shape index (κ1) is 16.3. The highest BCUT2D eigenvalue weighted by atomic mass is 16.3. The third-order valence-electron chi connectivity index (χ3n) is 4.27. The van der Waals surface area contributed by atoms with E-state index in [2.05, 4.69) is 5.32 Å². The summed E-state index contributed by atoms with van der Waals surface area (Å²) < 4.78 is 0. The largest absolute Gasteiger partial charge is 0.508 e. The van der Waals surface area contributed by atoms with Crippen LogP contribution >= 0.6 is 0 Å². The van der Waals surface area contributed by atoms with Gasteiger partial charge in [-0.05, 0) is 37.1 Å². The fourth-order valence-corrected chi connectivity index (χ4v) is 2.94. The maximum atomic E-state index is 12.6. The summed E-state index contributed by atoms with van der Waals surface area (Å²) >= 11 is 0. The molecule has 1 saturated heterocycles. The highest BCUT2D eigenvalue weighted by molar-refractivity contribution is 5.95. The van der Waals surface area contributed by atoms with E-state index in [1.807, 2.05) is 30.3 Å². The predicted molar refractivity (Wildman–Crippen MR) is 93.0 cm³/mol. The SMILES string of the molecule is O=C(c1cccc(NCc2ccccc2O)c1)N1CCCC(O)C1. The number of likely N-dealkylation sites (tertiary alicyclic amines) is 1. The molecule has 5 heteroatoms. The molecule has 3 N–H and O–H groups in total. The number of hydrogen-bond acceptors (Lipinski definition) is 4. The summed E-state index contributed by atoms with van der Waals surface area (Å²) in [6.07, 6.45) is 1.16. The number of phenolic OH excluding ortho intramolecular Hbond substituents is 1. The minimum absolute atomic E-state index is 0.0556. The van der Waals surface area contributed by atoms with Gasteiger partial charge in [0.25, 0.3) is 5.91 Å². The van der Waals surface area contributed by atoms with Gasteiger partial charge in [0, 0.05) is 36.4 Å². The second-order valence-corrected chi connectivity index (χ2v) is 6.11. The van der Waals surface area contributed by atoms with Crippen molar-refractivity contribution in [3.63, 3.8) is 0 Å². The Kier molecular flexibility index (Phi) is 5.01. The topological polar surface area (TPSA) is 72.8 Å². The lowest BCUT2D eigenvalue weighted by Crippen LogP contribution is -2.42. The van der Waals surface area contributed by atoms with E-state index in [1.165, 1.54) is 0 Å². The average Bonchev–Trinajstić information content (AvgIpc) is 2.61. The number of carbonyl (C=O) groups is 1. The Morgan fingerprint density at radius 1 is 1.21 bits per heavy atom. The molecule has 3 rings (SSSR count). The number of carbonyl (C=O) groups excluding carboxylic acids is 1. The monoisotopic (exact) mass is 326 g/mol. The molecule has 2 aromatic carbocycles. The molecular weight excluding hydrogens is 304 g/mol. The number of aliphatic hydroxyl groups excluding tert-OH is 1. The first-order chi connectivity index (χ1) is 11.6. The van der Waals surface area contributed by atoms with E-state index < -0.39 is 6.10 Å². The van der Waals surface area contributed by atoms with Crippen molar-refractivity contribution in [1.82, 2.24) is 4.90 Å². The molecule has 0 bridgehead atoms. The van der Waals surface area contributed by atoms with Crippen LogP contribution in [0.25, 0.3) is 0 Å². The summed E-state index contributed by atoms with van der Waals surface area (Å²) in [5.74, 6) is 0.194. The molecule has 0 saturated carbocycles. The third kappa shape index (κ3) is 3.86. The second kappa shape index (κ2) is 7.36. The Balaban J connectivity index is 1.67. The van der Waals surface area contributed by atoms with Gasteiger partial charge in [0.15, 0.2) is 0 Å². The molecule has 0 aromatic heterocycles. The van der Waals surface area contributed by atoms with Crippen LogP contribution in [0.1, 0.15) is 28.8 Å². The zero-order valence-electron chi connectivity index (χ0n) is 13.5. The number of aliphatic hydroxyl groups is 1. The van der Waals surface area contributed by atoms with Crippen molar-refractivity contribution in [3.8, 4) is 5.75 Å². The molecule has 0 radical (unpaired) electrons. The smallest absolute Gasteiger partial charge is 0.254 e. The van der Waals surface area contributed by atoms with E-state index in [1.54, 1.807) is 23.1 Å². The fraction of sp³-hybridized carbons (Fsp3) is 0.316. The molecule has 0 aliphatic carbocycles. The molecule has 126 valence electrons. The van der Waals surface area contributed by atoms with E-state index in [9.17, 15) is 15.0 Å². The molecule has 5 nitrogen and oxygen atoms in total. The van der Waals surface area contributed by atoms with Crippen LogP contribution in [0, 0.1) is 0 Å². The summed E-state index contributed by atoms with van der Waals surface area (Å²) in [7, 11) is 0. The normalized spacial score (nSPS) is 17.5. The molecule has 1 heterocycles. The molecule has 2 aromatic rings. The summed E-state index contributed by atoms with van der Waals surface area (Å²) in [5, 5.41) is 22.8. The summed E-state index contributed by atoms with van der Waals surface area (Å²) in [6, 6.07) is 14.5. The van der Waals surface area contributed by atoms with Gasteiger partial charge in [0.1, 0.15) is 5.75 Å². The van der Waals surface area contributed by atoms with Gasteiger partial charge in [-0.15, -0.1) is 0 Å². The second-order valence-electron chi connectivity index (χ2n) is 6.11. The number of nitrogens with zero attached hydrogens (tertiary/aromatic N) is 1. The predicted octanol–water partition coefficient (Wildman–Crippen LogP) is 2.60. The average molecular weight is 326 g/mol. The van der Waals surface area contributed by atoms with Crippen LogP contribution in [-0.4, -0.2) is 40.2 Å². The number of nitrogens with one attached hydrogen (secondary N) is 1. The first-order valence-electron chi connectivity index (χ1n) is 8.21. The number of β-amino-alcohol motifs (C(OH)–C–C–N with tert-alkyl or cyclic N) is 1. The number of hydrogen-bond donors (Lipinski definition) is 3. The van der Waals surface area contributed by atoms with Crippen LogP contribution in [0.5, 0.6) is 5.75 Å². The Morgan fingerprint density at radius 2 is 2.04 bits per heavy atom. The van der Waals surface area contributed by atoms with Gasteiger partial charge in [0.05, 0.1) is 6.10 Å². The molecular formula is C19H22N2O3. The fourth-order valence-electron chi connectivity index (χ4n) is 2.94. The van der Waals surface area contributed by atoms with Crippen molar-refractivity contribution in [3.05, 3.63) is 59.7 Å². The lowest BCUT2D eigenvalue weighted by atomic mass is 10.1. The molecule has 1 amide bonds. The van der Waals surface area contributed by atoms with Crippen molar-refractivity contribution in [1.29, 1.82) is 0 Å². The highest BCUT2D eigenvalue weighted by Crippen LogP contribution is 2.20. The summed E-state index contributed by atoms with van der Waals surface area (Å²) in [4.78, 5) is 14.3. The van der Waals surface area contributed by atoms with Gasteiger partial charge in [-0.1, -0.05) is 24.3 Å². The van der Waals surface area contributed by atoms with Gasteiger partial charge < -0.3 is 20.4 Å². The number of phenols is 1. The van der Waals surface area contributed by atoms with E-state index in [0.717, 1.165) is 24.1 Å². The van der Waals surface area contributed by atoms with Crippen molar-refractivity contribution in [2.45, 2.75) is 25.5 Å². The first-order valence-corrected chi connectivity index (χ1v) is 8.21. The van der Waals surface area contributed by atoms with E-state index in [4.69, 9.17) is 0 Å². The summed E-state index contributed by atoms with van der Waals surface area (Å²) in [6.45, 7) is 1.56. The van der Waals surface area contributed by atoms with Gasteiger partial charge in [-0.2, -0.15) is 0 Å². The Labute approximate surface area is 141 Å². The van der Waals surface area contributed by atoms with Crippen LogP contribution < -0.4 is 5.32 Å². The van der Waals surface area contributed by atoms with E-state index in [-0.39, 0.29) is 11.7 Å². The minimum atomic E-state index is -0.426. The molecule has 1 atom stereocenters. The Morgan fingerprint density at radius 3 is 2.83 bits per heavy atom.